The molecule has 0 aliphatic carbocycles. The predicted octanol–water partition coefficient (Wildman–Crippen LogP) is 3.40. The molecule has 0 aliphatic rings. The highest BCUT2D eigenvalue weighted by molar-refractivity contribution is 5.11. The van der Waals surface area contributed by atoms with E-state index in [0.717, 1.165) is 25.3 Å². The van der Waals surface area contributed by atoms with Crippen molar-refractivity contribution in [3.63, 3.8) is 0 Å². The molecule has 1 N–H and O–H groups in total. The summed E-state index contributed by atoms with van der Waals surface area (Å²) in [7, 11) is 0. The minimum absolute atomic E-state index is 0.224. The number of aromatic nitrogens is 2. The molecule has 4 heteroatoms. The van der Waals surface area contributed by atoms with Crippen molar-refractivity contribution in [3.8, 4) is 5.75 Å². The second kappa shape index (κ2) is 7.53. The third kappa shape index (κ3) is 7.21. The minimum Gasteiger partial charge on any atom is -0.490 e. The Hall–Kier alpha value is -1.03. The second-order valence-corrected chi connectivity index (χ2v) is 6.34. The fourth-order valence-electron chi connectivity index (χ4n) is 1.73. The number of hydrogen-bond acceptors (Lipinski definition) is 3. The Balaban J connectivity index is 2.04. The molecule has 4 nitrogen and oxygen atoms in total. The summed E-state index contributed by atoms with van der Waals surface area (Å²) < 4.78 is 7.60. The van der Waals surface area contributed by atoms with E-state index >= 15 is 0 Å². The molecule has 19 heavy (non-hydrogen) atoms. The lowest BCUT2D eigenvalue weighted by atomic mass is 10.1. The monoisotopic (exact) mass is 267 g/mol. The lowest BCUT2D eigenvalue weighted by Crippen LogP contribution is -2.36. The number of hydrogen-bond donors (Lipinski definition) is 1. The first-order chi connectivity index (χ1) is 8.88. The van der Waals surface area contributed by atoms with Crippen LogP contribution in [-0.2, 0) is 0 Å². The van der Waals surface area contributed by atoms with Crippen molar-refractivity contribution in [3.05, 3.63) is 12.4 Å². The summed E-state index contributed by atoms with van der Waals surface area (Å²) in [6, 6.07) is 0.390. The van der Waals surface area contributed by atoms with Crippen LogP contribution in [0.4, 0.5) is 0 Å². The van der Waals surface area contributed by atoms with E-state index in [2.05, 4.69) is 45.0 Å². The molecule has 0 saturated carbocycles. The van der Waals surface area contributed by atoms with Crippen LogP contribution in [0.25, 0.3) is 0 Å². The molecule has 0 radical (unpaired) electrons. The van der Waals surface area contributed by atoms with Gasteiger partial charge in [-0.25, -0.2) is 0 Å². The van der Waals surface area contributed by atoms with Gasteiger partial charge in [-0.2, -0.15) is 5.10 Å². The van der Waals surface area contributed by atoms with E-state index in [1.165, 1.54) is 12.8 Å². The minimum atomic E-state index is 0.224. The molecule has 0 bridgehead atoms. The van der Waals surface area contributed by atoms with Gasteiger partial charge in [0, 0.05) is 11.6 Å². The van der Waals surface area contributed by atoms with Gasteiger partial charge in [-0.05, 0) is 60.4 Å². The van der Waals surface area contributed by atoms with Crippen molar-refractivity contribution >= 4 is 0 Å². The van der Waals surface area contributed by atoms with Crippen LogP contribution in [0.5, 0.6) is 5.75 Å². The summed E-state index contributed by atoms with van der Waals surface area (Å²) in [4.78, 5) is 0. The van der Waals surface area contributed by atoms with Crippen molar-refractivity contribution in [2.24, 2.45) is 0 Å². The molecule has 0 aromatic carbocycles. The molecule has 1 aromatic heterocycles. The van der Waals surface area contributed by atoms with Crippen LogP contribution in [0.3, 0.4) is 0 Å². The highest BCUT2D eigenvalue weighted by atomic mass is 16.5. The highest BCUT2D eigenvalue weighted by Crippen LogP contribution is 2.12. The quantitative estimate of drug-likeness (QED) is 0.734. The van der Waals surface area contributed by atoms with E-state index in [4.69, 9.17) is 4.74 Å². The maximum atomic E-state index is 5.68. The Morgan fingerprint density at radius 3 is 2.58 bits per heavy atom. The number of nitrogens with zero attached hydrogens (tertiary/aromatic N) is 2. The van der Waals surface area contributed by atoms with Crippen LogP contribution in [0.1, 0.15) is 59.9 Å². The zero-order chi connectivity index (χ0) is 14.3. The summed E-state index contributed by atoms with van der Waals surface area (Å²) in [5.41, 5.74) is 0.224. The van der Waals surface area contributed by atoms with Crippen LogP contribution in [0.15, 0.2) is 12.4 Å². The fourth-order valence-corrected chi connectivity index (χ4v) is 1.73. The van der Waals surface area contributed by atoms with Gasteiger partial charge in [0.25, 0.3) is 0 Å². The Bertz CT molecular complexity index is 353. The van der Waals surface area contributed by atoms with Crippen molar-refractivity contribution in [2.75, 3.05) is 13.2 Å². The van der Waals surface area contributed by atoms with Crippen LogP contribution in [0.2, 0.25) is 0 Å². The molecule has 1 heterocycles. The number of unbranched alkanes of at least 4 members (excludes halogenated alkanes) is 2. The van der Waals surface area contributed by atoms with Crippen LogP contribution in [0, 0.1) is 0 Å². The second-order valence-electron chi connectivity index (χ2n) is 6.34. The van der Waals surface area contributed by atoms with Gasteiger partial charge in [-0.3, -0.25) is 4.68 Å². The Labute approximate surface area is 117 Å². The molecule has 0 amide bonds. The first-order valence-corrected chi connectivity index (χ1v) is 7.30. The summed E-state index contributed by atoms with van der Waals surface area (Å²) >= 11 is 0. The molecule has 1 aromatic rings. The van der Waals surface area contributed by atoms with Gasteiger partial charge in [0.1, 0.15) is 0 Å². The maximum Gasteiger partial charge on any atom is 0.157 e. The molecule has 0 fully saturated rings. The topological polar surface area (TPSA) is 39.1 Å². The summed E-state index contributed by atoms with van der Waals surface area (Å²) in [5, 5.41) is 7.74. The van der Waals surface area contributed by atoms with E-state index in [9.17, 15) is 0 Å². The predicted molar refractivity (Wildman–Crippen MR) is 79.7 cm³/mol. The standard InChI is InChI=1S/C15H29N3O/c1-13(2)18-12-14(11-17-18)19-10-8-6-7-9-16-15(3,4)5/h11-13,16H,6-10H2,1-5H3. The third-order valence-electron chi connectivity index (χ3n) is 2.85. The molecule has 0 aliphatic heterocycles. The highest BCUT2D eigenvalue weighted by Gasteiger charge is 2.07. The van der Waals surface area contributed by atoms with E-state index in [-0.39, 0.29) is 5.54 Å². The van der Waals surface area contributed by atoms with Gasteiger partial charge in [0.2, 0.25) is 0 Å². The molecule has 110 valence electrons. The van der Waals surface area contributed by atoms with Crippen LogP contribution in [-0.4, -0.2) is 28.5 Å². The Morgan fingerprint density at radius 1 is 1.26 bits per heavy atom. The van der Waals surface area contributed by atoms with Crippen LogP contribution < -0.4 is 10.1 Å². The largest absolute Gasteiger partial charge is 0.490 e. The first kappa shape index (κ1) is 16.0. The van der Waals surface area contributed by atoms with Crippen LogP contribution >= 0.6 is 0 Å². The molecular weight excluding hydrogens is 238 g/mol. The van der Waals surface area contributed by atoms with Gasteiger partial charge in [0.05, 0.1) is 19.0 Å². The normalized spacial score (nSPS) is 12.1. The zero-order valence-electron chi connectivity index (χ0n) is 13.1. The molecule has 0 spiro atoms. The van der Waals surface area contributed by atoms with E-state index < -0.39 is 0 Å². The fraction of sp³-hybridized carbons (Fsp3) is 0.800. The Morgan fingerprint density at radius 2 is 2.00 bits per heavy atom. The van der Waals surface area contributed by atoms with Crippen molar-refractivity contribution in [2.45, 2.75) is 65.5 Å². The van der Waals surface area contributed by atoms with Crippen molar-refractivity contribution in [1.29, 1.82) is 0 Å². The van der Waals surface area contributed by atoms with E-state index in [1.54, 1.807) is 6.20 Å². The molecular formula is C15H29N3O. The van der Waals surface area contributed by atoms with E-state index in [0.29, 0.717) is 6.04 Å². The molecule has 0 atom stereocenters. The summed E-state index contributed by atoms with van der Waals surface area (Å²) in [6.07, 6.45) is 7.25. The van der Waals surface area contributed by atoms with Gasteiger partial charge in [-0.1, -0.05) is 0 Å². The average molecular weight is 267 g/mol. The van der Waals surface area contributed by atoms with Gasteiger partial charge in [0.15, 0.2) is 5.75 Å². The van der Waals surface area contributed by atoms with Crippen molar-refractivity contribution in [1.82, 2.24) is 15.1 Å². The number of rotatable bonds is 8. The zero-order valence-corrected chi connectivity index (χ0v) is 13.1. The molecule has 0 saturated heterocycles. The summed E-state index contributed by atoms with van der Waals surface area (Å²) in [5.74, 6) is 0.876. The lowest BCUT2D eigenvalue weighted by Gasteiger charge is -2.20. The van der Waals surface area contributed by atoms with Crippen molar-refractivity contribution < 1.29 is 4.74 Å². The van der Waals surface area contributed by atoms with Gasteiger partial charge >= 0.3 is 0 Å². The summed E-state index contributed by atoms with van der Waals surface area (Å²) in [6.45, 7) is 12.7. The van der Waals surface area contributed by atoms with Gasteiger partial charge in [-0.15, -0.1) is 0 Å². The average Bonchev–Trinajstić information content (AvgIpc) is 2.75. The Kier molecular flexibility index (Phi) is 6.35. The van der Waals surface area contributed by atoms with Gasteiger partial charge < -0.3 is 10.1 Å². The lowest BCUT2D eigenvalue weighted by molar-refractivity contribution is 0.302. The SMILES string of the molecule is CC(C)n1cc(OCCCCCNC(C)(C)C)cn1. The smallest absolute Gasteiger partial charge is 0.157 e. The van der Waals surface area contributed by atoms with E-state index in [1.807, 2.05) is 10.9 Å². The molecule has 0 unspecified atom stereocenters. The number of ether oxygens (including phenoxy) is 1. The number of nitrogens with one attached hydrogen (secondary N) is 1. The third-order valence-corrected chi connectivity index (χ3v) is 2.85. The molecule has 1 rings (SSSR count). The maximum absolute atomic E-state index is 5.68. The first-order valence-electron chi connectivity index (χ1n) is 7.30.